The topological polar surface area (TPSA) is 90.9 Å². The lowest BCUT2D eigenvalue weighted by Gasteiger charge is -2.00. The summed E-state index contributed by atoms with van der Waals surface area (Å²) >= 11 is 1.53. The van der Waals surface area contributed by atoms with Crippen molar-refractivity contribution in [3.8, 4) is 22.8 Å². The fraction of sp³-hybridized carbons (Fsp3) is 0. The van der Waals surface area contributed by atoms with Gasteiger partial charge in [-0.05, 0) is 23.8 Å². The number of nitriles is 2. The number of hydrogen-bond donors (Lipinski definition) is 0. The zero-order valence-electron chi connectivity index (χ0n) is 17.0. The molecule has 3 aromatic heterocycles. The number of para-hydroxylation sites is 1. The highest BCUT2D eigenvalue weighted by Crippen LogP contribution is 2.42. The Hall–Kier alpha value is -4.65. The molecule has 0 fully saturated rings. The first kappa shape index (κ1) is 19.1. The first-order valence-electron chi connectivity index (χ1n) is 10.1. The number of thiophene rings is 1. The molecular formula is C27H12N2O3S. The summed E-state index contributed by atoms with van der Waals surface area (Å²) in [6, 6.07) is 24.4. The summed E-state index contributed by atoms with van der Waals surface area (Å²) in [6.45, 7) is 0. The highest BCUT2D eigenvalue weighted by atomic mass is 32.1. The van der Waals surface area contributed by atoms with E-state index in [0.29, 0.717) is 28.0 Å². The van der Waals surface area contributed by atoms with Gasteiger partial charge in [-0.3, -0.25) is 4.79 Å². The second-order valence-electron chi connectivity index (χ2n) is 7.54. The van der Waals surface area contributed by atoms with Crippen molar-refractivity contribution in [2.75, 3.05) is 0 Å². The van der Waals surface area contributed by atoms with E-state index in [2.05, 4.69) is 0 Å². The summed E-state index contributed by atoms with van der Waals surface area (Å²) in [4.78, 5) is 14.0. The molecule has 0 N–H and O–H groups in total. The van der Waals surface area contributed by atoms with E-state index < -0.39 is 0 Å². The maximum atomic E-state index is 13.1. The maximum Gasteiger partial charge on any atom is 0.194 e. The predicted octanol–water partition coefficient (Wildman–Crippen LogP) is 6.99. The molecule has 0 radical (unpaired) electrons. The number of ketones is 1. The van der Waals surface area contributed by atoms with E-state index in [1.54, 1.807) is 30.3 Å². The predicted molar refractivity (Wildman–Crippen MR) is 126 cm³/mol. The molecule has 1 aliphatic carbocycles. The lowest BCUT2D eigenvalue weighted by Crippen LogP contribution is -1.95. The quantitative estimate of drug-likeness (QED) is 0.216. The van der Waals surface area contributed by atoms with Gasteiger partial charge in [0.15, 0.2) is 5.78 Å². The Labute approximate surface area is 191 Å². The number of rotatable bonds is 2. The second-order valence-corrected chi connectivity index (χ2v) is 8.63. The van der Waals surface area contributed by atoms with E-state index in [0.717, 1.165) is 26.3 Å². The molecule has 5 nitrogen and oxygen atoms in total. The van der Waals surface area contributed by atoms with Crippen LogP contribution in [0, 0.1) is 22.7 Å². The van der Waals surface area contributed by atoms with Crippen molar-refractivity contribution >= 4 is 50.0 Å². The Morgan fingerprint density at radius 2 is 1.64 bits per heavy atom. The third-order valence-electron chi connectivity index (χ3n) is 5.61. The molecule has 0 saturated heterocycles. The van der Waals surface area contributed by atoms with Crippen molar-refractivity contribution in [1.29, 1.82) is 10.5 Å². The van der Waals surface area contributed by atoms with Gasteiger partial charge in [0.05, 0.1) is 9.58 Å². The lowest BCUT2D eigenvalue weighted by molar-refractivity contribution is 0.104. The average Bonchev–Trinajstić information content (AvgIpc) is 3.57. The number of benzene rings is 2. The fourth-order valence-electron chi connectivity index (χ4n) is 4.14. The first-order valence-corrected chi connectivity index (χ1v) is 10.9. The van der Waals surface area contributed by atoms with Crippen LogP contribution in [0.4, 0.5) is 0 Å². The third kappa shape index (κ3) is 2.94. The van der Waals surface area contributed by atoms with E-state index >= 15 is 0 Å². The molecule has 5 aromatic rings. The minimum absolute atomic E-state index is 0.0971. The summed E-state index contributed by atoms with van der Waals surface area (Å²) < 4.78 is 12.9. The zero-order valence-corrected chi connectivity index (χ0v) is 17.8. The molecule has 2 aromatic carbocycles. The zero-order chi connectivity index (χ0) is 22.5. The van der Waals surface area contributed by atoms with Gasteiger partial charge in [-0.2, -0.15) is 10.5 Å². The molecular weight excluding hydrogens is 432 g/mol. The molecule has 1 aliphatic rings. The number of hydrogen-bond acceptors (Lipinski definition) is 6. The van der Waals surface area contributed by atoms with Gasteiger partial charge in [-0.25, -0.2) is 0 Å². The minimum Gasteiger partial charge on any atom is -0.456 e. The van der Waals surface area contributed by atoms with Gasteiger partial charge >= 0.3 is 0 Å². The van der Waals surface area contributed by atoms with Crippen LogP contribution in [0.3, 0.4) is 0 Å². The number of fused-ring (bicyclic) bond motifs is 3. The Bertz CT molecular complexity index is 1680. The summed E-state index contributed by atoms with van der Waals surface area (Å²) in [5.74, 6) is 1.02. The van der Waals surface area contributed by atoms with E-state index in [-0.39, 0.29) is 16.9 Å². The maximum absolute atomic E-state index is 13.1. The highest BCUT2D eigenvalue weighted by molar-refractivity contribution is 7.22. The molecule has 0 spiro atoms. The van der Waals surface area contributed by atoms with Crippen LogP contribution >= 0.6 is 11.3 Å². The first-order chi connectivity index (χ1) is 16.2. The standard InChI is InChI=1S/C27H12N2O3S/c28-13-16(14-29)26-18-6-2-3-7-19(18)27(30)20(26)10-17-11-24-23(31-17)12-25(33-24)22-9-15-5-1-4-8-21(15)32-22/h1-12H/b20-10-. The summed E-state index contributed by atoms with van der Waals surface area (Å²) in [5, 5.41) is 19.9. The monoisotopic (exact) mass is 444 g/mol. The van der Waals surface area contributed by atoms with Crippen molar-refractivity contribution in [3.63, 3.8) is 0 Å². The molecule has 0 saturated carbocycles. The van der Waals surface area contributed by atoms with E-state index in [1.165, 1.54) is 11.3 Å². The fourth-order valence-corrected chi connectivity index (χ4v) is 5.12. The molecule has 6 heteroatoms. The largest absolute Gasteiger partial charge is 0.456 e. The number of nitrogens with zero attached hydrogens (tertiary/aromatic N) is 2. The third-order valence-corrected chi connectivity index (χ3v) is 6.69. The molecule has 0 atom stereocenters. The van der Waals surface area contributed by atoms with E-state index in [1.807, 2.05) is 54.6 Å². The number of carbonyl (C=O) groups excluding carboxylic acids is 1. The van der Waals surface area contributed by atoms with Crippen molar-refractivity contribution < 1.29 is 13.6 Å². The highest BCUT2D eigenvalue weighted by Gasteiger charge is 2.32. The molecule has 0 unspecified atom stereocenters. The van der Waals surface area contributed by atoms with Gasteiger partial charge in [0.25, 0.3) is 0 Å². The van der Waals surface area contributed by atoms with Crippen LogP contribution in [0.25, 0.3) is 43.5 Å². The van der Waals surface area contributed by atoms with Gasteiger partial charge in [-0.15, -0.1) is 11.3 Å². The van der Waals surface area contributed by atoms with Crippen molar-refractivity contribution in [3.05, 3.63) is 94.8 Å². The van der Waals surface area contributed by atoms with Crippen molar-refractivity contribution in [2.45, 2.75) is 0 Å². The summed E-state index contributed by atoms with van der Waals surface area (Å²) in [7, 11) is 0. The smallest absolute Gasteiger partial charge is 0.194 e. The molecule has 0 bridgehead atoms. The van der Waals surface area contributed by atoms with Crippen molar-refractivity contribution in [2.24, 2.45) is 0 Å². The lowest BCUT2D eigenvalue weighted by atomic mass is 9.99. The van der Waals surface area contributed by atoms with Crippen LogP contribution in [0.5, 0.6) is 0 Å². The number of carbonyl (C=O) groups is 1. The van der Waals surface area contributed by atoms with Crippen LogP contribution in [-0.2, 0) is 0 Å². The van der Waals surface area contributed by atoms with Gasteiger partial charge in [0.2, 0.25) is 0 Å². The van der Waals surface area contributed by atoms with E-state index in [9.17, 15) is 15.3 Å². The average molecular weight is 444 g/mol. The summed E-state index contributed by atoms with van der Waals surface area (Å²) in [6.07, 6.45) is 1.61. The summed E-state index contributed by atoms with van der Waals surface area (Å²) in [5.41, 5.74) is 3.11. The molecule has 0 amide bonds. The Morgan fingerprint density at radius 1 is 0.879 bits per heavy atom. The Balaban J connectivity index is 1.43. The normalized spacial score (nSPS) is 14.1. The Morgan fingerprint density at radius 3 is 2.39 bits per heavy atom. The minimum atomic E-state index is -0.230. The number of Topliss-reactive ketones (excluding diaryl/α,β-unsaturated/α-hetero) is 1. The molecule has 3 heterocycles. The molecule has 6 rings (SSSR count). The number of allylic oxidation sites excluding steroid dienone is 3. The number of furan rings is 2. The van der Waals surface area contributed by atoms with Crippen LogP contribution in [0.15, 0.2) is 86.7 Å². The van der Waals surface area contributed by atoms with Crippen LogP contribution in [-0.4, -0.2) is 5.78 Å². The van der Waals surface area contributed by atoms with Gasteiger partial charge in [0, 0.05) is 34.2 Å². The van der Waals surface area contributed by atoms with Crippen LogP contribution in [0.1, 0.15) is 21.7 Å². The van der Waals surface area contributed by atoms with Gasteiger partial charge in [-0.1, -0.05) is 42.5 Å². The SMILES string of the molecule is N#CC(C#N)=C1/C(=C/c2cc3sc(-c4cc5ccccc5o4)cc3o2)C(=O)c2ccccc21. The second kappa shape index (κ2) is 7.20. The van der Waals surface area contributed by atoms with E-state index in [4.69, 9.17) is 8.83 Å². The molecule has 154 valence electrons. The van der Waals surface area contributed by atoms with Gasteiger partial charge in [0.1, 0.15) is 40.4 Å². The van der Waals surface area contributed by atoms with Crippen LogP contribution < -0.4 is 0 Å². The molecule has 0 aliphatic heterocycles. The van der Waals surface area contributed by atoms with Gasteiger partial charge < -0.3 is 8.83 Å². The van der Waals surface area contributed by atoms with Crippen LogP contribution in [0.2, 0.25) is 0 Å². The Kier molecular flexibility index (Phi) is 4.16. The molecule has 33 heavy (non-hydrogen) atoms. The van der Waals surface area contributed by atoms with Crippen molar-refractivity contribution in [1.82, 2.24) is 0 Å².